The van der Waals surface area contributed by atoms with Crippen molar-refractivity contribution in [2.45, 2.75) is 47.2 Å². The van der Waals surface area contributed by atoms with Gasteiger partial charge in [0.2, 0.25) is 0 Å². The molecule has 1 saturated heterocycles. The summed E-state index contributed by atoms with van der Waals surface area (Å²) in [5.74, 6) is 1.09. The molecule has 5 heteroatoms. The SMILES string of the molecule is COc1ccc(C)cc1C[NH+]1CC[NH+]([C@H](C)C(=O)Nc2c(C)cc(C)cc2C)CC1. The first-order valence-electron chi connectivity index (χ1n) is 11.0. The Morgan fingerprint density at radius 1 is 1.00 bits per heavy atom. The van der Waals surface area contributed by atoms with Gasteiger partial charge in [-0.25, -0.2) is 0 Å². The third kappa shape index (κ3) is 5.21. The van der Waals surface area contributed by atoms with Crippen LogP contribution in [-0.2, 0) is 11.3 Å². The van der Waals surface area contributed by atoms with Gasteiger partial charge in [-0.2, -0.15) is 0 Å². The standard InChI is InChI=1S/C25H35N3O2/c1-17-7-8-23(30-6)22(15-17)16-27-9-11-28(12-10-27)21(5)25(29)26-24-19(3)13-18(2)14-20(24)4/h7-8,13-15,21H,9-12,16H2,1-6H3,(H,26,29)/p+2/t21-/m1/s1. The number of piperazine rings is 1. The number of quaternary nitrogens is 2. The van der Waals surface area contributed by atoms with Crippen molar-refractivity contribution in [3.8, 4) is 5.75 Å². The van der Waals surface area contributed by atoms with Crippen LogP contribution in [0.2, 0.25) is 0 Å². The van der Waals surface area contributed by atoms with Crippen LogP contribution in [0.4, 0.5) is 5.69 Å². The molecule has 0 spiro atoms. The number of amides is 1. The smallest absolute Gasteiger partial charge is 0.282 e. The maximum Gasteiger partial charge on any atom is 0.282 e. The molecule has 162 valence electrons. The second-order valence-corrected chi connectivity index (χ2v) is 8.88. The lowest BCUT2D eigenvalue weighted by Gasteiger charge is -2.33. The number of hydrogen-bond donors (Lipinski definition) is 3. The van der Waals surface area contributed by atoms with Crippen LogP contribution in [0.3, 0.4) is 0 Å². The highest BCUT2D eigenvalue weighted by Crippen LogP contribution is 2.22. The predicted molar refractivity (Wildman–Crippen MR) is 122 cm³/mol. The number of aryl methyl sites for hydroxylation is 4. The molecule has 30 heavy (non-hydrogen) atoms. The molecule has 0 radical (unpaired) electrons. The van der Waals surface area contributed by atoms with Crippen LogP contribution in [0.15, 0.2) is 30.3 Å². The second-order valence-electron chi connectivity index (χ2n) is 8.88. The summed E-state index contributed by atoms with van der Waals surface area (Å²) in [6.07, 6.45) is 0. The number of rotatable bonds is 6. The van der Waals surface area contributed by atoms with Crippen molar-refractivity contribution >= 4 is 11.6 Å². The number of hydrogen-bond acceptors (Lipinski definition) is 2. The third-order valence-corrected chi connectivity index (χ3v) is 6.41. The molecule has 0 bridgehead atoms. The Labute approximate surface area is 181 Å². The molecule has 1 fully saturated rings. The quantitative estimate of drug-likeness (QED) is 0.670. The van der Waals surface area contributed by atoms with Gasteiger partial charge < -0.3 is 19.9 Å². The summed E-state index contributed by atoms with van der Waals surface area (Å²) < 4.78 is 5.54. The van der Waals surface area contributed by atoms with Gasteiger partial charge in [0, 0.05) is 11.3 Å². The highest BCUT2D eigenvalue weighted by molar-refractivity contribution is 5.95. The van der Waals surface area contributed by atoms with E-state index in [0.29, 0.717) is 0 Å². The van der Waals surface area contributed by atoms with Gasteiger partial charge in [-0.1, -0.05) is 29.3 Å². The predicted octanol–water partition coefficient (Wildman–Crippen LogP) is 1.24. The topological polar surface area (TPSA) is 47.2 Å². The molecular weight excluding hydrogens is 374 g/mol. The van der Waals surface area contributed by atoms with Crippen LogP contribution < -0.4 is 19.9 Å². The number of benzene rings is 2. The number of carbonyl (C=O) groups excluding carboxylic acids is 1. The van der Waals surface area contributed by atoms with Crippen LogP contribution in [0.1, 0.15) is 34.7 Å². The van der Waals surface area contributed by atoms with Gasteiger partial charge in [0.05, 0.1) is 7.11 Å². The molecule has 1 amide bonds. The van der Waals surface area contributed by atoms with Gasteiger partial charge in [0.25, 0.3) is 5.91 Å². The average Bonchev–Trinajstić information content (AvgIpc) is 2.70. The third-order valence-electron chi connectivity index (χ3n) is 6.41. The van der Waals surface area contributed by atoms with Crippen molar-refractivity contribution in [2.24, 2.45) is 0 Å². The minimum absolute atomic E-state index is 0.0554. The summed E-state index contributed by atoms with van der Waals surface area (Å²) >= 11 is 0. The summed E-state index contributed by atoms with van der Waals surface area (Å²) in [5.41, 5.74) is 6.99. The van der Waals surface area contributed by atoms with Crippen molar-refractivity contribution in [1.29, 1.82) is 0 Å². The van der Waals surface area contributed by atoms with Crippen molar-refractivity contribution in [3.05, 3.63) is 58.1 Å². The number of methoxy groups -OCH3 is 1. The highest BCUT2D eigenvalue weighted by Gasteiger charge is 2.31. The largest absolute Gasteiger partial charge is 0.496 e. The van der Waals surface area contributed by atoms with Crippen molar-refractivity contribution in [2.75, 3.05) is 38.6 Å². The maximum atomic E-state index is 12.9. The molecular formula is C25H37N3O2+2. The maximum absolute atomic E-state index is 12.9. The first kappa shape index (κ1) is 22.3. The Kier molecular flexibility index (Phi) is 7.16. The summed E-state index contributed by atoms with van der Waals surface area (Å²) in [4.78, 5) is 15.9. The fourth-order valence-electron chi connectivity index (χ4n) is 4.64. The zero-order valence-corrected chi connectivity index (χ0v) is 19.3. The van der Waals surface area contributed by atoms with E-state index in [9.17, 15) is 4.79 Å². The Morgan fingerprint density at radius 2 is 1.63 bits per heavy atom. The van der Waals surface area contributed by atoms with E-state index in [1.54, 1.807) is 12.0 Å². The fraction of sp³-hybridized carbons (Fsp3) is 0.480. The van der Waals surface area contributed by atoms with Gasteiger partial charge in [-0.15, -0.1) is 0 Å². The molecule has 3 rings (SSSR count). The number of carbonyl (C=O) groups is 1. The summed E-state index contributed by atoms with van der Waals surface area (Å²) in [6, 6.07) is 10.6. The van der Waals surface area contributed by atoms with Crippen LogP contribution in [-0.4, -0.2) is 45.2 Å². The average molecular weight is 412 g/mol. The van der Waals surface area contributed by atoms with E-state index in [-0.39, 0.29) is 11.9 Å². The van der Waals surface area contributed by atoms with Gasteiger partial charge in [-0.3, -0.25) is 4.79 Å². The van der Waals surface area contributed by atoms with Crippen LogP contribution >= 0.6 is 0 Å². The van der Waals surface area contributed by atoms with Crippen LogP contribution in [0.25, 0.3) is 0 Å². The van der Waals surface area contributed by atoms with Crippen molar-refractivity contribution in [1.82, 2.24) is 0 Å². The molecule has 3 N–H and O–H groups in total. The number of ether oxygens (including phenoxy) is 1. The zero-order valence-electron chi connectivity index (χ0n) is 19.3. The summed E-state index contributed by atoms with van der Waals surface area (Å²) in [6.45, 7) is 15.5. The molecule has 2 aromatic carbocycles. The first-order valence-corrected chi connectivity index (χ1v) is 11.0. The highest BCUT2D eigenvalue weighted by atomic mass is 16.5. The lowest BCUT2D eigenvalue weighted by Crippen LogP contribution is -3.29. The molecule has 1 aliphatic heterocycles. The fourth-order valence-corrected chi connectivity index (χ4v) is 4.64. The molecule has 0 aliphatic carbocycles. The van der Waals surface area contributed by atoms with E-state index in [2.05, 4.69) is 70.3 Å². The monoisotopic (exact) mass is 411 g/mol. The van der Waals surface area contributed by atoms with E-state index < -0.39 is 0 Å². The normalized spacial score (nSPS) is 19.9. The molecule has 1 heterocycles. The molecule has 1 atom stereocenters. The Morgan fingerprint density at radius 3 is 2.23 bits per heavy atom. The molecule has 5 nitrogen and oxygen atoms in total. The number of nitrogens with one attached hydrogen (secondary N) is 3. The Hall–Kier alpha value is -2.37. The van der Waals surface area contributed by atoms with E-state index in [4.69, 9.17) is 4.74 Å². The molecule has 0 saturated carbocycles. The Bertz CT molecular complexity index is 878. The van der Waals surface area contributed by atoms with E-state index in [0.717, 1.165) is 55.3 Å². The molecule has 1 aliphatic rings. The number of anilines is 1. The summed E-state index contributed by atoms with van der Waals surface area (Å²) in [5, 5.41) is 3.19. The van der Waals surface area contributed by atoms with Gasteiger partial charge in [0.15, 0.2) is 6.04 Å². The minimum Gasteiger partial charge on any atom is -0.496 e. The van der Waals surface area contributed by atoms with Crippen LogP contribution in [0.5, 0.6) is 5.75 Å². The van der Waals surface area contributed by atoms with Gasteiger partial charge in [0.1, 0.15) is 38.5 Å². The van der Waals surface area contributed by atoms with Crippen LogP contribution in [0, 0.1) is 27.7 Å². The first-order chi connectivity index (χ1) is 14.3. The van der Waals surface area contributed by atoms with Crippen molar-refractivity contribution < 1.29 is 19.3 Å². The molecule has 2 aromatic rings. The van der Waals surface area contributed by atoms with E-state index in [1.807, 2.05) is 0 Å². The lowest BCUT2D eigenvalue weighted by molar-refractivity contribution is -1.02. The minimum atomic E-state index is -0.0554. The summed E-state index contributed by atoms with van der Waals surface area (Å²) in [7, 11) is 1.74. The van der Waals surface area contributed by atoms with Gasteiger partial charge >= 0.3 is 0 Å². The van der Waals surface area contributed by atoms with E-state index >= 15 is 0 Å². The second kappa shape index (κ2) is 9.63. The molecule has 0 aromatic heterocycles. The van der Waals surface area contributed by atoms with E-state index in [1.165, 1.54) is 21.6 Å². The zero-order chi connectivity index (χ0) is 21.8. The van der Waals surface area contributed by atoms with Gasteiger partial charge in [-0.05, 0) is 57.9 Å². The Balaban J connectivity index is 1.57. The lowest BCUT2D eigenvalue weighted by atomic mass is 10.0. The van der Waals surface area contributed by atoms with Crippen molar-refractivity contribution in [3.63, 3.8) is 0 Å². The molecule has 0 unspecified atom stereocenters.